The first-order valence-corrected chi connectivity index (χ1v) is 7.11. The summed E-state index contributed by atoms with van der Waals surface area (Å²) in [6, 6.07) is 4.69. The maximum absolute atomic E-state index is 12.9. The van der Waals surface area contributed by atoms with Gasteiger partial charge in [-0.3, -0.25) is 4.79 Å². The Balaban J connectivity index is 1.72. The summed E-state index contributed by atoms with van der Waals surface area (Å²) in [4.78, 5) is 14.1. The molecule has 0 aliphatic heterocycles. The summed E-state index contributed by atoms with van der Waals surface area (Å²) >= 11 is 0. The van der Waals surface area contributed by atoms with Gasteiger partial charge in [-0.2, -0.15) is 0 Å². The number of nitrogen functional groups attached to an aromatic ring is 1. The van der Waals surface area contributed by atoms with Crippen molar-refractivity contribution < 1.29 is 9.18 Å². The average molecular weight is 279 g/mol. The second-order valence-electron chi connectivity index (χ2n) is 5.45. The normalized spacial score (nSPS) is 15.2. The Labute approximate surface area is 119 Å². The van der Waals surface area contributed by atoms with Crippen LogP contribution in [0.4, 0.5) is 15.8 Å². The van der Waals surface area contributed by atoms with Crippen LogP contribution in [0.2, 0.25) is 0 Å². The second-order valence-corrected chi connectivity index (χ2v) is 5.45. The maximum Gasteiger partial charge on any atom is 0.224 e. The standard InChI is InChI=1S/C15H22FN3O/c1-19(12-4-2-5-12)9-3-6-15(20)18-14-8-7-11(16)10-13(14)17/h7-8,10,12H,2-6,9,17H2,1H3,(H,18,20). The molecule has 1 saturated carbocycles. The zero-order valence-corrected chi connectivity index (χ0v) is 11.9. The molecule has 1 fully saturated rings. The molecule has 0 aromatic heterocycles. The van der Waals surface area contributed by atoms with E-state index in [4.69, 9.17) is 5.73 Å². The number of halogens is 1. The van der Waals surface area contributed by atoms with Crippen molar-refractivity contribution >= 4 is 17.3 Å². The van der Waals surface area contributed by atoms with Gasteiger partial charge in [-0.05, 0) is 51.1 Å². The van der Waals surface area contributed by atoms with Crippen molar-refractivity contribution in [3.05, 3.63) is 24.0 Å². The van der Waals surface area contributed by atoms with Crippen LogP contribution in [0.15, 0.2) is 18.2 Å². The number of hydrogen-bond acceptors (Lipinski definition) is 3. The lowest BCUT2D eigenvalue weighted by molar-refractivity contribution is -0.116. The highest BCUT2D eigenvalue weighted by Crippen LogP contribution is 2.23. The summed E-state index contributed by atoms with van der Waals surface area (Å²) in [6.07, 6.45) is 5.14. The Kier molecular flexibility index (Phi) is 4.95. The van der Waals surface area contributed by atoms with Crippen LogP contribution < -0.4 is 11.1 Å². The maximum atomic E-state index is 12.9. The van der Waals surface area contributed by atoms with Crippen LogP contribution >= 0.6 is 0 Å². The molecular formula is C15H22FN3O. The molecule has 3 N–H and O–H groups in total. The number of carbonyl (C=O) groups is 1. The van der Waals surface area contributed by atoms with Crippen LogP contribution in [-0.4, -0.2) is 30.4 Å². The van der Waals surface area contributed by atoms with E-state index < -0.39 is 5.82 Å². The largest absolute Gasteiger partial charge is 0.397 e. The number of anilines is 2. The Hall–Kier alpha value is -1.62. The van der Waals surface area contributed by atoms with Crippen molar-refractivity contribution in [3.63, 3.8) is 0 Å². The number of nitrogens with zero attached hydrogens (tertiary/aromatic N) is 1. The number of benzene rings is 1. The summed E-state index contributed by atoms with van der Waals surface area (Å²) in [5, 5.41) is 2.72. The number of hydrogen-bond donors (Lipinski definition) is 2. The Morgan fingerprint density at radius 2 is 2.25 bits per heavy atom. The molecule has 1 aliphatic carbocycles. The molecule has 110 valence electrons. The summed E-state index contributed by atoms with van der Waals surface area (Å²) in [5.41, 5.74) is 6.38. The summed E-state index contributed by atoms with van der Waals surface area (Å²) in [5.74, 6) is -0.479. The van der Waals surface area contributed by atoms with Gasteiger partial charge in [-0.25, -0.2) is 4.39 Å². The van der Waals surface area contributed by atoms with Gasteiger partial charge in [0.15, 0.2) is 0 Å². The molecular weight excluding hydrogens is 257 g/mol. The van der Waals surface area contributed by atoms with Gasteiger partial charge in [0.2, 0.25) is 5.91 Å². The molecule has 1 aliphatic rings. The molecule has 1 aromatic rings. The van der Waals surface area contributed by atoms with E-state index >= 15 is 0 Å². The summed E-state index contributed by atoms with van der Waals surface area (Å²) < 4.78 is 12.9. The minimum Gasteiger partial charge on any atom is -0.397 e. The van der Waals surface area contributed by atoms with Crippen LogP contribution in [0.5, 0.6) is 0 Å². The predicted octanol–water partition coefficient (Wildman–Crippen LogP) is 2.61. The number of carbonyl (C=O) groups excluding carboxylic acids is 1. The topological polar surface area (TPSA) is 58.4 Å². The monoisotopic (exact) mass is 279 g/mol. The van der Waals surface area contributed by atoms with E-state index in [-0.39, 0.29) is 11.6 Å². The molecule has 0 radical (unpaired) electrons. The van der Waals surface area contributed by atoms with Gasteiger partial charge in [-0.15, -0.1) is 0 Å². The molecule has 2 rings (SSSR count). The van der Waals surface area contributed by atoms with Gasteiger partial charge < -0.3 is 16.0 Å². The van der Waals surface area contributed by atoms with E-state index in [1.54, 1.807) is 0 Å². The molecule has 0 atom stereocenters. The van der Waals surface area contributed by atoms with E-state index in [2.05, 4.69) is 17.3 Å². The second kappa shape index (κ2) is 6.70. The van der Waals surface area contributed by atoms with Gasteiger partial charge in [0.25, 0.3) is 0 Å². The van der Waals surface area contributed by atoms with Gasteiger partial charge >= 0.3 is 0 Å². The Morgan fingerprint density at radius 3 is 2.85 bits per heavy atom. The fraction of sp³-hybridized carbons (Fsp3) is 0.533. The van der Waals surface area contributed by atoms with Gasteiger partial charge in [0.05, 0.1) is 11.4 Å². The van der Waals surface area contributed by atoms with E-state index in [1.165, 1.54) is 37.5 Å². The number of nitrogens with two attached hydrogens (primary N) is 1. The Morgan fingerprint density at radius 1 is 1.50 bits per heavy atom. The number of rotatable bonds is 6. The van der Waals surface area contributed by atoms with Crippen LogP contribution in [0, 0.1) is 5.82 Å². The molecule has 5 heteroatoms. The van der Waals surface area contributed by atoms with Crippen molar-refractivity contribution in [2.24, 2.45) is 0 Å². The first kappa shape index (κ1) is 14.8. The van der Waals surface area contributed by atoms with Crippen LogP contribution in [0.1, 0.15) is 32.1 Å². The third kappa shape index (κ3) is 3.93. The van der Waals surface area contributed by atoms with Crippen LogP contribution in [0.25, 0.3) is 0 Å². The molecule has 0 unspecified atom stereocenters. The van der Waals surface area contributed by atoms with Crippen LogP contribution in [0.3, 0.4) is 0 Å². The lowest BCUT2D eigenvalue weighted by atomic mass is 9.92. The SMILES string of the molecule is CN(CCCC(=O)Nc1ccc(F)cc1N)C1CCC1. The molecule has 4 nitrogen and oxygen atoms in total. The van der Waals surface area contributed by atoms with Crippen molar-refractivity contribution in [2.45, 2.75) is 38.1 Å². The van der Waals surface area contributed by atoms with E-state index in [1.807, 2.05) is 0 Å². The summed E-state index contributed by atoms with van der Waals surface area (Å²) in [6.45, 7) is 0.928. The number of amides is 1. The van der Waals surface area contributed by atoms with E-state index in [0.29, 0.717) is 18.2 Å². The minimum atomic E-state index is -0.400. The van der Waals surface area contributed by atoms with Gasteiger partial charge in [0.1, 0.15) is 5.82 Å². The predicted molar refractivity (Wildman–Crippen MR) is 78.9 cm³/mol. The molecule has 20 heavy (non-hydrogen) atoms. The summed E-state index contributed by atoms with van der Waals surface area (Å²) in [7, 11) is 2.11. The van der Waals surface area contributed by atoms with Crippen LogP contribution in [-0.2, 0) is 4.79 Å². The van der Waals surface area contributed by atoms with Gasteiger partial charge in [-0.1, -0.05) is 6.42 Å². The lowest BCUT2D eigenvalue weighted by Crippen LogP contribution is -2.37. The zero-order valence-electron chi connectivity index (χ0n) is 11.9. The van der Waals surface area contributed by atoms with E-state index in [0.717, 1.165) is 13.0 Å². The fourth-order valence-corrected chi connectivity index (χ4v) is 2.36. The van der Waals surface area contributed by atoms with Gasteiger partial charge in [0, 0.05) is 12.5 Å². The minimum absolute atomic E-state index is 0.0784. The highest BCUT2D eigenvalue weighted by Gasteiger charge is 2.21. The van der Waals surface area contributed by atoms with Crippen molar-refractivity contribution in [2.75, 3.05) is 24.6 Å². The van der Waals surface area contributed by atoms with E-state index in [9.17, 15) is 9.18 Å². The highest BCUT2D eigenvalue weighted by atomic mass is 19.1. The molecule has 0 saturated heterocycles. The lowest BCUT2D eigenvalue weighted by Gasteiger charge is -2.34. The number of nitrogens with one attached hydrogen (secondary N) is 1. The van der Waals surface area contributed by atoms with Crippen molar-refractivity contribution in [3.8, 4) is 0 Å². The highest BCUT2D eigenvalue weighted by molar-refractivity contribution is 5.93. The quantitative estimate of drug-likeness (QED) is 0.787. The first-order valence-electron chi connectivity index (χ1n) is 7.11. The fourth-order valence-electron chi connectivity index (χ4n) is 2.36. The van der Waals surface area contributed by atoms with Crippen molar-refractivity contribution in [1.82, 2.24) is 4.90 Å². The molecule has 0 spiro atoms. The molecule has 0 bridgehead atoms. The first-order chi connectivity index (χ1) is 9.56. The molecule has 0 heterocycles. The smallest absolute Gasteiger partial charge is 0.224 e. The third-order valence-electron chi connectivity index (χ3n) is 3.90. The average Bonchev–Trinajstić information content (AvgIpc) is 2.30. The Bertz CT molecular complexity index is 474. The van der Waals surface area contributed by atoms with Crippen molar-refractivity contribution in [1.29, 1.82) is 0 Å². The third-order valence-corrected chi connectivity index (χ3v) is 3.90. The molecule has 1 aromatic carbocycles. The molecule has 1 amide bonds. The zero-order chi connectivity index (χ0) is 14.5.